The normalized spacial score (nSPS) is 17.0. The van der Waals surface area contributed by atoms with Crippen LogP contribution >= 0.6 is 0 Å². The molecule has 0 radical (unpaired) electrons. The van der Waals surface area contributed by atoms with Crippen molar-refractivity contribution in [1.82, 2.24) is 4.72 Å². The molecule has 0 saturated carbocycles. The number of rotatable bonds is 5. The van der Waals surface area contributed by atoms with E-state index in [1.54, 1.807) is 12.1 Å². The number of hydrogen-bond donors (Lipinski definition) is 2. The van der Waals surface area contributed by atoms with Crippen LogP contribution in [0.1, 0.15) is 37.8 Å². The molecule has 4 nitrogen and oxygen atoms in total. The van der Waals surface area contributed by atoms with Crippen LogP contribution in [0.5, 0.6) is 0 Å². The second kappa shape index (κ2) is 6.24. The maximum Gasteiger partial charge on any atom is 0.240 e. The summed E-state index contributed by atoms with van der Waals surface area (Å²) < 4.78 is 27.3. The molecule has 0 aromatic heterocycles. The molecule has 1 unspecified atom stereocenters. The molecule has 1 atom stereocenters. The smallest absolute Gasteiger partial charge is 0.240 e. The van der Waals surface area contributed by atoms with Gasteiger partial charge in [0.1, 0.15) is 0 Å². The Balaban J connectivity index is 2.25. The number of fused-ring (bicyclic) bond motifs is 1. The lowest BCUT2D eigenvalue weighted by atomic mass is 9.92. The zero-order valence-electron chi connectivity index (χ0n) is 12.1. The zero-order valence-corrected chi connectivity index (χ0v) is 12.9. The van der Waals surface area contributed by atoms with Crippen LogP contribution in [0.3, 0.4) is 0 Å². The predicted molar refractivity (Wildman–Crippen MR) is 79.1 cm³/mol. The lowest BCUT2D eigenvalue weighted by molar-refractivity contribution is 0.227. The first-order valence-corrected chi connectivity index (χ1v) is 8.67. The molecule has 0 spiro atoms. The molecule has 1 aromatic rings. The van der Waals surface area contributed by atoms with E-state index in [1.165, 1.54) is 12.0 Å². The molecule has 20 heavy (non-hydrogen) atoms. The van der Waals surface area contributed by atoms with E-state index in [2.05, 4.69) is 4.72 Å². The van der Waals surface area contributed by atoms with Crippen molar-refractivity contribution >= 4 is 10.0 Å². The van der Waals surface area contributed by atoms with Gasteiger partial charge in [0.2, 0.25) is 10.0 Å². The molecule has 112 valence electrons. The molecule has 1 aliphatic rings. The van der Waals surface area contributed by atoms with E-state index in [-0.39, 0.29) is 12.5 Å². The van der Waals surface area contributed by atoms with Crippen LogP contribution in [-0.4, -0.2) is 26.2 Å². The fraction of sp³-hybridized carbons (Fsp3) is 0.600. The molecule has 0 aliphatic heterocycles. The summed E-state index contributed by atoms with van der Waals surface area (Å²) in [5.74, 6) is 0.0485. The number of hydrogen-bond acceptors (Lipinski definition) is 3. The van der Waals surface area contributed by atoms with Crippen molar-refractivity contribution in [2.75, 3.05) is 6.61 Å². The summed E-state index contributed by atoms with van der Waals surface area (Å²) in [5, 5.41) is 9.27. The molecule has 2 rings (SSSR count). The van der Waals surface area contributed by atoms with E-state index in [0.29, 0.717) is 4.90 Å². The van der Waals surface area contributed by atoms with E-state index in [9.17, 15) is 13.5 Å². The van der Waals surface area contributed by atoms with Gasteiger partial charge in [0.15, 0.2) is 0 Å². The first-order valence-electron chi connectivity index (χ1n) is 7.19. The molecule has 0 heterocycles. The first-order chi connectivity index (χ1) is 9.44. The van der Waals surface area contributed by atoms with Crippen LogP contribution in [0, 0.1) is 5.92 Å². The minimum Gasteiger partial charge on any atom is -0.395 e. The summed E-state index contributed by atoms with van der Waals surface area (Å²) in [6, 6.07) is 4.93. The fourth-order valence-electron chi connectivity index (χ4n) is 2.53. The highest BCUT2D eigenvalue weighted by Crippen LogP contribution is 2.24. The number of sulfonamides is 1. The Hall–Kier alpha value is -0.910. The van der Waals surface area contributed by atoms with Gasteiger partial charge in [-0.25, -0.2) is 13.1 Å². The molecule has 1 aliphatic carbocycles. The van der Waals surface area contributed by atoms with Crippen LogP contribution in [-0.2, 0) is 22.9 Å². The van der Waals surface area contributed by atoms with E-state index in [0.717, 1.165) is 24.8 Å². The topological polar surface area (TPSA) is 66.4 Å². The summed E-state index contributed by atoms with van der Waals surface area (Å²) in [5.41, 5.74) is 2.40. The monoisotopic (exact) mass is 297 g/mol. The maximum absolute atomic E-state index is 12.4. The Kier molecular flexibility index (Phi) is 4.83. The molecule has 5 heteroatoms. The number of aryl methyl sites for hydroxylation is 2. The molecular weight excluding hydrogens is 274 g/mol. The number of nitrogens with one attached hydrogen (secondary N) is 1. The van der Waals surface area contributed by atoms with Crippen molar-refractivity contribution in [3.05, 3.63) is 29.3 Å². The molecule has 1 aromatic carbocycles. The van der Waals surface area contributed by atoms with Crippen molar-refractivity contribution in [2.24, 2.45) is 5.92 Å². The van der Waals surface area contributed by atoms with Gasteiger partial charge in [0.25, 0.3) is 0 Å². The van der Waals surface area contributed by atoms with Crippen molar-refractivity contribution in [2.45, 2.75) is 50.5 Å². The highest BCUT2D eigenvalue weighted by atomic mass is 32.2. The van der Waals surface area contributed by atoms with Gasteiger partial charge in [-0.1, -0.05) is 19.9 Å². The standard InChI is InChI=1S/C15H23NO3S/c1-11(2)15(10-17)16-20(18,19)14-8-7-12-5-3-4-6-13(12)9-14/h7-9,11,15-17H,3-6,10H2,1-2H3. The fourth-order valence-corrected chi connectivity index (χ4v) is 3.95. The maximum atomic E-state index is 12.4. The molecular formula is C15H23NO3S. The largest absolute Gasteiger partial charge is 0.395 e. The van der Waals surface area contributed by atoms with Gasteiger partial charge in [-0.15, -0.1) is 0 Å². The van der Waals surface area contributed by atoms with Crippen LogP contribution in [0.25, 0.3) is 0 Å². The Labute approximate surface area is 121 Å². The summed E-state index contributed by atoms with van der Waals surface area (Å²) in [6.07, 6.45) is 4.28. The molecule has 0 amide bonds. The third-order valence-corrected chi connectivity index (χ3v) is 5.43. The van der Waals surface area contributed by atoms with E-state index in [1.807, 2.05) is 19.9 Å². The van der Waals surface area contributed by atoms with Gasteiger partial charge < -0.3 is 5.11 Å². The molecule has 0 saturated heterocycles. The highest BCUT2D eigenvalue weighted by molar-refractivity contribution is 7.89. The third-order valence-electron chi connectivity index (χ3n) is 3.94. The number of aliphatic hydroxyl groups is 1. The SMILES string of the molecule is CC(C)C(CO)NS(=O)(=O)c1ccc2c(c1)CCCC2. The van der Waals surface area contributed by atoms with Crippen molar-refractivity contribution in [1.29, 1.82) is 0 Å². The Bertz CT molecular complexity index is 566. The lowest BCUT2D eigenvalue weighted by Crippen LogP contribution is -2.41. The average molecular weight is 297 g/mol. The van der Waals surface area contributed by atoms with Gasteiger partial charge in [-0.3, -0.25) is 0 Å². The van der Waals surface area contributed by atoms with Crippen LogP contribution in [0.4, 0.5) is 0 Å². The second-order valence-electron chi connectivity index (χ2n) is 5.79. The van der Waals surface area contributed by atoms with Crippen molar-refractivity contribution in [3.63, 3.8) is 0 Å². The van der Waals surface area contributed by atoms with E-state index in [4.69, 9.17) is 0 Å². The number of aliphatic hydroxyl groups excluding tert-OH is 1. The Morgan fingerprint density at radius 3 is 2.45 bits per heavy atom. The summed E-state index contributed by atoms with van der Waals surface area (Å²) >= 11 is 0. The molecule has 0 bridgehead atoms. The minimum atomic E-state index is -3.56. The van der Waals surface area contributed by atoms with Gasteiger partial charge in [0.05, 0.1) is 11.5 Å². The van der Waals surface area contributed by atoms with E-state index >= 15 is 0 Å². The highest BCUT2D eigenvalue weighted by Gasteiger charge is 2.23. The van der Waals surface area contributed by atoms with Crippen LogP contribution < -0.4 is 4.72 Å². The number of benzene rings is 1. The van der Waals surface area contributed by atoms with Gasteiger partial charge in [0, 0.05) is 6.04 Å². The predicted octanol–water partition coefficient (Wildman–Crippen LogP) is 1.86. The molecule has 0 fully saturated rings. The van der Waals surface area contributed by atoms with Crippen LogP contribution in [0.2, 0.25) is 0 Å². The molecule has 2 N–H and O–H groups in total. The van der Waals surface area contributed by atoms with Gasteiger partial charge in [-0.2, -0.15) is 0 Å². The first kappa shape index (κ1) is 15.5. The van der Waals surface area contributed by atoms with Crippen molar-refractivity contribution in [3.8, 4) is 0 Å². The Morgan fingerprint density at radius 1 is 1.20 bits per heavy atom. The third kappa shape index (κ3) is 3.40. The lowest BCUT2D eigenvalue weighted by Gasteiger charge is -2.21. The second-order valence-corrected chi connectivity index (χ2v) is 7.51. The Morgan fingerprint density at radius 2 is 1.85 bits per heavy atom. The van der Waals surface area contributed by atoms with Gasteiger partial charge >= 0.3 is 0 Å². The zero-order chi connectivity index (χ0) is 14.8. The van der Waals surface area contributed by atoms with Crippen LogP contribution in [0.15, 0.2) is 23.1 Å². The minimum absolute atomic E-state index is 0.0485. The van der Waals surface area contributed by atoms with Gasteiger partial charge in [-0.05, 0) is 54.9 Å². The van der Waals surface area contributed by atoms with E-state index < -0.39 is 16.1 Å². The summed E-state index contributed by atoms with van der Waals surface area (Å²) in [6.45, 7) is 3.58. The average Bonchev–Trinajstić information content (AvgIpc) is 2.44. The summed E-state index contributed by atoms with van der Waals surface area (Å²) in [7, 11) is -3.56. The quantitative estimate of drug-likeness (QED) is 0.872. The van der Waals surface area contributed by atoms with Crippen molar-refractivity contribution < 1.29 is 13.5 Å². The summed E-state index contributed by atoms with van der Waals surface area (Å²) in [4.78, 5) is 0.303.